The molecular weight excluding hydrogens is 600 g/mol. The first-order chi connectivity index (χ1) is 23.7. The van der Waals surface area contributed by atoms with Crippen LogP contribution < -0.4 is 0 Å². The van der Waals surface area contributed by atoms with E-state index in [0.29, 0.717) is 6.61 Å². The van der Waals surface area contributed by atoms with Gasteiger partial charge in [0.15, 0.2) is 6.29 Å². The van der Waals surface area contributed by atoms with E-state index in [1.165, 1.54) is 0 Å². The molecule has 0 radical (unpaired) electrons. The number of aliphatic hydroxyl groups excluding tert-OH is 1. The Labute approximate surface area is 283 Å². The highest BCUT2D eigenvalue weighted by Gasteiger charge is 2.49. The molecule has 5 aromatic carbocycles. The lowest BCUT2D eigenvalue weighted by Gasteiger charge is -2.45. The molecule has 5 aromatic rings. The molecule has 246 valence electrons. The van der Waals surface area contributed by atoms with Gasteiger partial charge in [-0.2, -0.15) is 0 Å². The average Bonchev–Trinajstić information content (AvgIpc) is 3.15. The van der Waals surface area contributed by atoms with Gasteiger partial charge in [0.05, 0.1) is 26.4 Å². The SMILES string of the molecule is C=CCO[C@H]1[C@H](OCc2ccccc2)[C@@H](OCc2ccccc2)[C@@H](O)O[C@@H]1COC(c1ccccc1)(c1ccccc1)c1ccccc1. The highest BCUT2D eigenvalue weighted by Crippen LogP contribution is 2.41. The molecule has 0 amide bonds. The van der Waals surface area contributed by atoms with Gasteiger partial charge in [0.1, 0.15) is 30.0 Å². The second-order valence-corrected chi connectivity index (χ2v) is 11.8. The predicted molar refractivity (Wildman–Crippen MR) is 186 cm³/mol. The van der Waals surface area contributed by atoms with E-state index in [1.54, 1.807) is 6.08 Å². The summed E-state index contributed by atoms with van der Waals surface area (Å²) in [5.74, 6) is 0. The second kappa shape index (κ2) is 16.6. The van der Waals surface area contributed by atoms with E-state index in [4.69, 9.17) is 23.7 Å². The van der Waals surface area contributed by atoms with Crippen LogP contribution >= 0.6 is 0 Å². The van der Waals surface area contributed by atoms with Crippen molar-refractivity contribution in [3.63, 3.8) is 0 Å². The third-order valence-electron chi connectivity index (χ3n) is 8.59. The van der Waals surface area contributed by atoms with Crippen molar-refractivity contribution >= 4 is 0 Å². The topological polar surface area (TPSA) is 66.4 Å². The third-order valence-corrected chi connectivity index (χ3v) is 8.59. The lowest BCUT2D eigenvalue weighted by atomic mass is 9.80. The summed E-state index contributed by atoms with van der Waals surface area (Å²) in [4.78, 5) is 0. The maximum Gasteiger partial charge on any atom is 0.184 e. The normalized spacial score (nSPS) is 21.1. The van der Waals surface area contributed by atoms with Gasteiger partial charge in [0.25, 0.3) is 0 Å². The fourth-order valence-corrected chi connectivity index (χ4v) is 6.29. The summed E-state index contributed by atoms with van der Waals surface area (Å²) in [6.45, 7) is 4.78. The number of ether oxygens (including phenoxy) is 5. The van der Waals surface area contributed by atoms with E-state index >= 15 is 0 Å². The van der Waals surface area contributed by atoms with Crippen LogP contribution in [0, 0.1) is 0 Å². The van der Waals surface area contributed by atoms with Crippen LogP contribution in [0.15, 0.2) is 164 Å². The highest BCUT2D eigenvalue weighted by molar-refractivity contribution is 5.47. The Bertz CT molecular complexity index is 1550. The van der Waals surface area contributed by atoms with Crippen molar-refractivity contribution in [2.24, 2.45) is 0 Å². The molecule has 1 fully saturated rings. The van der Waals surface area contributed by atoms with E-state index in [0.717, 1.165) is 27.8 Å². The minimum atomic E-state index is -1.30. The first-order valence-corrected chi connectivity index (χ1v) is 16.4. The summed E-state index contributed by atoms with van der Waals surface area (Å²) >= 11 is 0. The van der Waals surface area contributed by atoms with Crippen LogP contribution in [0.25, 0.3) is 0 Å². The number of rotatable bonds is 15. The fraction of sp³-hybridized carbons (Fsp3) is 0.238. The monoisotopic (exact) mass is 642 g/mol. The Hall–Kier alpha value is -4.40. The maximum atomic E-state index is 11.6. The first kappa shape index (κ1) is 33.5. The molecule has 1 aliphatic rings. The Morgan fingerprint density at radius 3 is 1.42 bits per heavy atom. The largest absolute Gasteiger partial charge is 0.369 e. The second-order valence-electron chi connectivity index (χ2n) is 11.8. The molecule has 6 rings (SSSR count). The average molecular weight is 643 g/mol. The molecule has 0 aliphatic carbocycles. The van der Waals surface area contributed by atoms with Crippen LogP contribution in [-0.2, 0) is 42.5 Å². The van der Waals surface area contributed by atoms with Gasteiger partial charge in [-0.25, -0.2) is 0 Å². The van der Waals surface area contributed by atoms with Gasteiger partial charge in [-0.15, -0.1) is 6.58 Å². The molecular formula is C42H42O6. The molecule has 1 N–H and O–H groups in total. The predicted octanol–water partition coefficient (Wildman–Crippen LogP) is 7.45. The van der Waals surface area contributed by atoms with Crippen molar-refractivity contribution in [3.8, 4) is 0 Å². The number of hydrogen-bond donors (Lipinski definition) is 1. The Balaban J connectivity index is 1.35. The van der Waals surface area contributed by atoms with Gasteiger partial charge in [0.2, 0.25) is 0 Å². The quantitative estimate of drug-likeness (QED) is 0.0945. The molecule has 1 heterocycles. The molecule has 0 bridgehead atoms. The summed E-state index contributed by atoms with van der Waals surface area (Å²) in [5.41, 5.74) is 3.86. The van der Waals surface area contributed by atoms with Crippen molar-refractivity contribution in [2.45, 2.75) is 49.5 Å². The van der Waals surface area contributed by atoms with Crippen LogP contribution in [0.3, 0.4) is 0 Å². The Morgan fingerprint density at radius 1 is 0.562 bits per heavy atom. The molecule has 0 saturated carbocycles. The zero-order chi connectivity index (χ0) is 33.0. The maximum absolute atomic E-state index is 11.6. The standard InChI is InChI=1S/C42H42O6/c1-2-28-44-38-37(31-47-42(34-22-12-5-13-23-34,35-24-14-6-15-25-35)36-26-16-7-17-27-36)48-41(43)40(46-30-33-20-10-4-11-21-33)39(38)45-29-32-18-8-3-9-19-32/h2-27,37-41,43H,1,28-31H2/t37-,38-,39+,40-,41+/m1/s1. The van der Waals surface area contributed by atoms with E-state index < -0.39 is 36.3 Å². The van der Waals surface area contributed by atoms with Crippen molar-refractivity contribution in [1.29, 1.82) is 0 Å². The zero-order valence-corrected chi connectivity index (χ0v) is 26.9. The minimum Gasteiger partial charge on any atom is -0.369 e. The van der Waals surface area contributed by atoms with Gasteiger partial charge < -0.3 is 28.8 Å². The summed E-state index contributed by atoms with van der Waals surface area (Å²) < 4.78 is 32.8. The van der Waals surface area contributed by atoms with Crippen LogP contribution in [0.1, 0.15) is 27.8 Å². The molecule has 0 aromatic heterocycles. The van der Waals surface area contributed by atoms with Crippen LogP contribution in [-0.4, -0.2) is 49.0 Å². The van der Waals surface area contributed by atoms with Crippen LogP contribution in [0.5, 0.6) is 0 Å². The van der Waals surface area contributed by atoms with E-state index in [9.17, 15) is 5.11 Å². The van der Waals surface area contributed by atoms with Crippen molar-refractivity contribution in [3.05, 3.63) is 192 Å². The molecule has 0 unspecified atom stereocenters. The molecule has 1 aliphatic heterocycles. The first-order valence-electron chi connectivity index (χ1n) is 16.4. The van der Waals surface area contributed by atoms with Gasteiger partial charge >= 0.3 is 0 Å². The van der Waals surface area contributed by atoms with E-state index in [1.807, 2.05) is 115 Å². The summed E-state index contributed by atoms with van der Waals surface area (Å²) in [5, 5.41) is 11.6. The smallest absolute Gasteiger partial charge is 0.184 e. The Morgan fingerprint density at radius 2 is 0.979 bits per heavy atom. The lowest BCUT2D eigenvalue weighted by molar-refractivity contribution is -0.316. The zero-order valence-electron chi connectivity index (χ0n) is 26.9. The molecule has 1 saturated heterocycles. The van der Waals surface area contributed by atoms with Crippen molar-refractivity contribution < 1.29 is 28.8 Å². The van der Waals surface area contributed by atoms with E-state index in [-0.39, 0.29) is 19.8 Å². The van der Waals surface area contributed by atoms with Gasteiger partial charge in [-0.3, -0.25) is 0 Å². The molecule has 5 atom stereocenters. The number of hydrogen-bond acceptors (Lipinski definition) is 6. The summed E-state index contributed by atoms with van der Waals surface area (Å²) in [6, 6.07) is 50.2. The molecule has 48 heavy (non-hydrogen) atoms. The third kappa shape index (κ3) is 7.83. The molecule has 0 spiro atoms. The Kier molecular flexibility index (Phi) is 11.6. The molecule has 6 nitrogen and oxygen atoms in total. The van der Waals surface area contributed by atoms with E-state index in [2.05, 4.69) is 43.0 Å². The minimum absolute atomic E-state index is 0.0775. The van der Waals surface area contributed by atoms with Gasteiger partial charge in [-0.05, 0) is 27.8 Å². The summed E-state index contributed by atoms with van der Waals surface area (Å²) in [6.07, 6.45) is -2.50. The van der Waals surface area contributed by atoms with Crippen LogP contribution in [0.4, 0.5) is 0 Å². The fourth-order valence-electron chi connectivity index (χ4n) is 6.29. The number of aliphatic hydroxyl groups is 1. The van der Waals surface area contributed by atoms with Gasteiger partial charge in [0, 0.05) is 0 Å². The molecule has 6 heteroatoms. The lowest BCUT2D eigenvalue weighted by Crippen LogP contribution is -2.61. The number of benzene rings is 5. The van der Waals surface area contributed by atoms with Crippen molar-refractivity contribution in [1.82, 2.24) is 0 Å². The van der Waals surface area contributed by atoms with Crippen LogP contribution in [0.2, 0.25) is 0 Å². The summed E-state index contributed by atoms with van der Waals surface area (Å²) in [7, 11) is 0. The van der Waals surface area contributed by atoms with Crippen molar-refractivity contribution in [2.75, 3.05) is 13.2 Å². The highest BCUT2D eigenvalue weighted by atomic mass is 16.7. The van der Waals surface area contributed by atoms with Gasteiger partial charge in [-0.1, -0.05) is 158 Å².